The van der Waals surface area contributed by atoms with E-state index in [0.717, 1.165) is 31.4 Å². The standard InChI is InChI=1S/C21H21NO5/c23-19-9-8-16(13-18(19)21(25)26)22-20(24)10-7-14-3-5-15(6-4-14)12-17-2-1-11-27-17/h3-10,13,17,23H,1-2,11-12H2,(H,22,24)(H,25,26). The molecule has 2 aromatic rings. The van der Waals surface area contributed by atoms with Crippen LogP contribution in [0.25, 0.3) is 6.08 Å². The number of carboxylic acid groups (broad SMARTS) is 1. The monoisotopic (exact) mass is 367 g/mol. The molecule has 6 heteroatoms. The average Bonchev–Trinajstić information content (AvgIpc) is 3.15. The highest BCUT2D eigenvalue weighted by molar-refractivity contribution is 6.03. The predicted molar refractivity (Wildman–Crippen MR) is 102 cm³/mol. The summed E-state index contributed by atoms with van der Waals surface area (Å²) in [5.74, 6) is -2.00. The summed E-state index contributed by atoms with van der Waals surface area (Å²) in [7, 11) is 0. The van der Waals surface area contributed by atoms with Crippen LogP contribution in [0, 0.1) is 0 Å². The molecule has 0 saturated carbocycles. The SMILES string of the molecule is O=C(C=Cc1ccc(CC2CCCO2)cc1)Nc1ccc(O)c(C(=O)O)c1. The molecule has 3 rings (SSSR count). The van der Waals surface area contributed by atoms with Gasteiger partial charge in [0.2, 0.25) is 5.91 Å². The highest BCUT2D eigenvalue weighted by atomic mass is 16.5. The lowest BCUT2D eigenvalue weighted by Gasteiger charge is -2.09. The van der Waals surface area contributed by atoms with Gasteiger partial charge in [0.15, 0.2) is 0 Å². The number of carbonyl (C=O) groups is 2. The zero-order valence-electron chi connectivity index (χ0n) is 14.7. The zero-order chi connectivity index (χ0) is 19.2. The van der Waals surface area contributed by atoms with E-state index in [0.29, 0.717) is 11.8 Å². The number of nitrogens with one attached hydrogen (secondary N) is 1. The number of phenols is 1. The van der Waals surface area contributed by atoms with Crippen LogP contribution in [0.2, 0.25) is 0 Å². The quantitative estimate of drug-likeness (QED) is 0.537. The molecule has 1 saturated heterocycles. The number of aromatic carboxylic acids is 1. The number of carboxylic acids is 1. The molecule has 1 amide bonds. The molecule has 0 aliphatic carbocycles. The zero-order valence-corrected chi connectivity index (χ0v) is 14.7. The second-order valence-electron chi connectivity index (χ2n) is 6.44. The van der Waals surface area contributed by atoms with Crippen molar-refractivity contribution < 1.29 is 24.5 Å². The molecule has 3 N–H and O–H groups in total. The van der Waals surface area contributed by atoms with Crippen molar-refractivity contribution in [2.24, 2.45) is 0 Å². The van der Waals surface area contributed by atoms with E-state index in [1.165, 1.54) is 29.8 Å². The first kappa shape index (κ1) is 18.7. The summed E-state index contributed by atoms with van der Waals surface area (Å²) in [6.45, 7) is 0.843. The van der Waals surface area contributed by atoms with Crippen molar-refractivity contribution in [1.82, 2.24) is 0 Å². The molecule has 1 fully saturated rings. The molecular weight excluding hydrogens is 346 g/mol. The van der Waals surface area contributed by atoms with Crippen molar-refractivity contribution in [1.29, 1.82) is 0 Å². The summed E-state index contributed by atoms with van der Waals surface area (Å²) in [6, 6.07) is 11.8. The number of benzene rings is 2. The maximum atomic E-state index is 12.0. The molecule has 140 valence electrons. The molecular formula is C21H21NO5. The van der Waals surface area contributed by atoms with Gasteiger partial charge in [-0.25, -0.2) is 4.79 Å². The molecule has 0 radical (unpaired) electrons. The van der Waals surface area contributed by atoms with Gasteiger partial charge in [-0.2, -0.15) is 0 Å². The summed E-state index contributed by atoms with van der Waals surface area (Å²) in [6.07, 6.45) is 6.49. The average molecular weight is 367 g/mol. The van der Waals surface area contributed by atoms with Crippen LogP contribution >= 0.6 is 0 Å². The Morgan fingerprint density at radius 1 is 1.19 bits per heavy atom. The first-order valence-electron chi connectivity index (χ1n) is 8.77. The number of amides is 1. The maximum Gasteiger partial charge on any atom is 0.339 e. The molecule has 1 aliphatic heterocycles. The minimum atomic E-state index is -1.26. The Morgan fingerprint density at radius 2 is 1.96 bits per heavy atom. The second kappa shape index (κ2) is 8.51. The van der Waals surface area contributed by atoms with E-state index >= 15 is 0 Å². The Bertz CT molecular complexity index is 851. The van der Waals surface area contributed by atoms with Crippen LogP contribution in [0.1, 0.15) is 34.3 Å². The summed E-state index contributed by atoms with van der Waals surface area (Å²) in [4.78, 5) is 23.0. The fourth-order valence-corrected chi connectivity index (χ4v) is 2.97. The van der Waals surface area contributed by atoms with Gasteiger partial charge in [-0.15, -0.1) is 0 Å². The summed E-state index contributed by atoms with van der Waals surface area (Å²) in [5, 5.41) is 21.1. The number of carbonyl (C=O) groups excluding carboxylic acids is 1. The Kier molecular flexibility index (Phi) is 5.88. The predicted octanol–water partition coefficient (Wildman–Crippen LogP) is 3.46. The summed E-state index contributed by atoms with van der Waals surface area (Å²) < 4.78 is 5.63. The van der Waals surface area contributed by atoms with E-state index in [-0.39, 0.29) is 17.2 Å². The molecule has 6 nitrogen and oxygen atoms in total. The Hall–Kier alpha value is -3.12. The lowest BCUT2D eigenvalue weighted by molar-refractivity contribution is -0.111. The van der Waals surface area contributed by atoms with Gasteiger partial charge in [0.05, 0.1) is 6.10 Å². The molecule has 0 aromatic heterocycles. The fourth-order valence-electron chi connectivity index (χ4n) is 2.97. The van der Waals surface area contributed by atoms with Crippen molar-refractivity contribution in [2.75, 3.05) is 11.9 Å². The topological polar surface area (TPSA) is 95.9 Å². The number of rotatable bonds is 6. The third kappa shape index (κ3) is 5.18. The first-order chi connectivity index (χ1) is 13.0. The van der Waals surface area contributed by atoms with E-state index in [1.54, 1.807) is 6.08 Å². The first-order valence-corrected chi connectivity index (χ1v) is 8.77. The number of hydrogen-bond donors (Lipinski definition) is 3. The Labute approximate surface area is 157 Å². The van der Waals surface area contributed by atoms with Crippen LogP contribution in [0.5, 0.6) is 5.75 Å². The van der Waals surface area contributed by atoms with Crippen molar-refractivity contribution in [2.45, 2.75) is 25.4 Å². The highest BCUT2D eigenvalue weighted by Gasteiger charge is 2.15. The molecule has 1 heterocycles. The normalized spacial score (nSPS) is 16.5. The van der Waals surface area contributed by atoms with Crippen molar-refractivity contribution in [3.8, 4) is 5.75 Å². The van der Waals surface area contributed by atoms with Gasteiger partial charge in [0.1, 0.15) is 11.3 Å². The van der Waals surface area contributed by atoms with Crippen molar-refractivity contribution >= 4 is 23.6 Å². The summed E-state index contributed by atoms with van der Waals surface area (Å²) in [5.41, 5.74) is 2.12. The maximum absolute atomic E-state index is 12.0. The fraction of sp³-hybridized carbons (Fsp3) is 0.238. The molecule has 1 aliphatic rings. The van der Waals surface area contributed by atoms with Gasteiger partial charge >= 0.3 is 5.97 Å². The van der Waals surface area contributed by atoms with Crippen LogP contribution in [0.15, 0.2) is 48.5 Å². The second-order valence-corrected chi connectivity index (χ2v) is 6.44. The minimum Gasteiger partial charge on any atom is -0.507 e. The third-order valence-electron chi connectivity index (χ3n) is 4.39. The van der Waals surface area contributed by atoms with Crippen LogP contribution in [-0.2, 0) is 16.0 Å². The lowest BCUT2D eigenvalue weighted by atomic mass is 10.0. The molecule has 27 heavy (non-hydrogen) atoms. The van der Waals surface area contributed by atoms with Crippen LogP contribution in [0.4, 0.5) is 5.69 Å². The van der Waals surface area contributed by atoms with E-state index in [4.69, 9.17) is 9.84 Å². The van der Waals surface area contributed by atoms with Crippen molar-refractivity contribution in [3.63, 3.8) is 0 Å². The van der Waals surface area contributed by atoms with E-state index < -0.39 is 5.97 Å². The van der Waals surface area contributed by atoms with E-state index in [9.17, 15) is 14.7 Å². The Morgan fingerprint density at radius 3 is 2.63 bits per heavy atom. The number of anilines is 1. The van der Waals surface area contributed by atoms with Gasteiger partial charge in [0.25, 0.3) is 0 Å². The van der Waals surface area contributed by atoms with Crippen molar-refractivity contribution in [3.05, 3.63) is 65.2 Å². The Balaban J connectivity index is 1.58. The van der Waals surface area contributed by atoms with Gasteiger partial charge < -0.3 is 20.3 Å². The molecule has 1 atom stereocenters. The van der Waals surface area contributed by atoms with Gasteiger partial charge in [-0.05, 0) is 54.7 Å². The molecule has 0 bridgehead atoms. The highest BCUT2D eigenvalue weighted by Crippen LogP contribution is 2.21. The van der Waals surface area contributed by atoms with Gasteiger partial charge in [-0.1, -0.05) is 24.3 Å². The number of ether oxygens (including phenoxy) is 1. The molecule has 0 spiro atoms. The van der Waals surface area contributed by atoms with Gasteiger partial charge in [0, 0.05) is 18.4 Å². The number of hydrogen-bond acceptors (Lipinski definition) is 4. The van der Waals surface area contributed by atoms with E-state index in [2.05, 4.69) is 5.32 Å². The third-order valence-corrected chi connectivity index (χ3v) is 4.39. The van der Waals surface area contributed by atoms with Gasteiger partial charge in [-0.3, -0.25) is 4.79 Å². The smallest absolute Gasteiger partial charge is 0.339 e. The largest absolute Gasteiger partial charge is 0.507 e. The lowest BCUT2D eigenvalue weighted by Crippen LogP contribution is -2.09. The number of aromatic hydroxyl groups is 1. The van der Waals surface area contributed by atoms with Crippen LogP contribution in [0.3, 0.4) is 0 Å². The van der Waals surface area contributed by atoms with Crippen LogP contribution in [-0.4, -0.2) is 34.8 Å². The van der Waals surface area contributed by atoms with E-state index in [1.807, 2.05) is 24.3 Å². The molecule has 2 aromatic carbocycles. The summed E-state index contributed by atoms with van der Waals surface area (Å²) >= 11 is 0. The molecule has 1 unspecified atom stereocenters. The minimum absolute atomic E-state index is 0.265. The van der Waals surface area contributed by atoms with Crippen LogP contribution < -0.4 is 5.32 Å².